The molecule has 3 atom stereocenters. The standard InChI is InChI=1S/C17H24O4S/c1-19-13-8-11-12(18)9-22-14-7-5-4-6-10(14)15(11)17(21-3)16(13)20-2/h8,10,12,14,18H,4-7,9H2,1-3H3/t10-,12-,14+/m0/s1. The lowest BCUT2D eigenvalue weighted by atomic mass is 9.80. The molecule has 0 bridgehead atoms. The van der Waals surface area contributed by atoms with Crippen LogP contribution in [0.1, 0.15) is 48.8 Å². The van der Waals surface area contributed by atoms with Crippen molar-refractivity contribution < 1.29 is 19.3 Å². The maximum Gasteiger partial charge on any atom is 0.203 e. The Hall–Kier alpha value is -1.07. The molecule has 1 aliphatic carbocycles. The lowest BCUT2D eigenvalue weighted by Gasteiger charge is -2.32. The van der Waals surface area contributed by atoms with E-state index >= 15 is 0 Å². The highest BCUT2D eigenvalue weighted by Gasteiger charge is 2.37. The molecule has 4 nitrogen and oxygen atoms in total. The summed E-state index contributed by atoms with van der Waals surface area (Å²) >= 11 is 1.89. The first-order chi connectivity index (χ1) is 10.7. The highest BCUT2D eigenvalue weighted by atomic mass is 32.2. The van der Waals surface area contributed by atoms with Gasteiger partial charge in [-0.1, -0.05) is 12.8 Å². The van der Waals surface area contributed by atoms with Crippen LogP contribution >= 0.6 is 11.8 Å². The lowest BCUT2D eigenvalue weighted by Crippen LogP contribution is -2.20. The van der Waals surface area contributed by atoms with E-state index in [-0.39, 0.29) is 0 Å². The molecule has 3 rings (SSSR count). The SMILES string of the molecule is COc1cc2c(c(OC)c1OC)[C@H]1CCCC[C@H]1SC[C@@H]2O. The van der Waals surface area contributed by atoms with Gasteiger partial charge in [0.1, 0.15) is 0 Å². The Kier molecular flexibility index (Phi) is 4.73. The lowest BCUT2D eigenvalue weighted by molar-refractivity contribution is 0.201. The molecule has 1 aliphatic heterocycles. The maximum absolute atomic E-state index is 10.6. The second kappa shape index (κ2) is 6.59. The summed E-state index contributed by atoms with van der Waals surface area (Å²) in [4.78, 5) is 0. The first-order valence-electron chi connectivity index (χ1n) is 7.83. The predicted molar refractivity (Wildman–Crippen MR) is 88.5 cm³/mol. The zero-order valence-corrected chi connectivity index (χ0v) is 14.2. The molecule has 2 aliphatic rings. The fraction of sp³-hybridized carbons (Fsp3) is 0.647. The molecule has 0 radical (unpaired) electrons. The summed E-state index contributed by atoms with van der Waals surface area (Å²) in [7, 11) is 4.91. The number of fused-ring (bicyclic) bond motifs is 3. The van der Waals surface area contributed by atoms with E-state index in [0.29, 0.717) is 22.7 Å². The van der Waals surface area contributed by atoms with Crippen LogP contribution in [0.25, 0.3) is 0 Å². The van der Waals surface area contributed by atoms with E-state index in [2.05, 4.69) is 0 Å². The maximum atomic E-state index is 10.6. The van der Waals surface area contributed by atoms with Crippen LogP contribution < -0.4 is 14.2 Å². The largest absolute Gasteiger partial charge is 0.493 e. The van der Waals surface area contributed by atoms with Crippen LogP contribution in [0.4, 0.5) is 0 Å². The van der Waals surface area contributed by atoms with Crippen LogP contribution in [0.2, 0.25) is 0 Å². The van der Waals surface area contributed by atoms with Gasteiger partial charge in [0, 0.05) is 16.6 Å². The third-order valence-corrected chi connectivity index (χ3v) is 6.30. The number of aliphatic hydroxyl groups excluding tert-OH is 1. The summed E-state index contributed by atoms with van der Waals surface area (Å²) in [5.41, 5.74) is 2.07. The van der Waals surface area contributed by atoms with E-state index in [1.54, 1.807) is 21.3 Å². The van der Waals surface area contributed by atoms with Gasteiger partial charge in [0.05, 0.1) is 27.4 Å². The molecular weight excluding hydrogens is 300 g/mol. The second-order valence-electron chi connectivity index (χ2n) is 5.93. The summed E-state index contributed by atoms with van der Waals surface area (Å²) in [6.45, 7) is 0. The van der Waals surface area contributed by atoms with Crippen LogP contribution in [-0.2, 0) is 0 Å². The highest BCUT2D eigenvalue weighted by Crippen LogP contribution is 2.54. The number of hydrogen-bond donors (Lipinski definition) is 1. The average Bonchev–Trinajstić information content (AvgIpc) is 2.70. The van der Waals surface area contributed by atoms with E-state index in [1.807, 2.05) is 17.8 Å². The first-order valence-corrected chi connectivity index (χ1v) is 8.88. The Bertz CT molecular complexity index is 546. The molecular formula is C17H24O4S. The minimum Gasteiger partial charge on any atom is -0.493 e. The summed E-state index contributed by atoms with van der Waals surface area (Å²) < 4.78 is 16.7. The van der Waals surface area contributed by atoms with E-state index in [0.717, 1.165) is 29.1 Å². The van der Waals surface area contributed by atoms with Crippen LogP contribution in [-0.4, -0.2) is 37.4 Å². The fourth-order valence-corrected chi connectivity index (χ4v) is 5.23. The summed E-state index contributed by atoms with van der Waals surface area (Å²) in [6, 6.07) is 1.93. The van der Waals surface area contributed by atoms with Gasteiger partial charge in [-0.15, -0.1) is 0 Å². The Balaban J connectivity index is 2.22. The molecule has 1 saturated carbocycles. The molecule has 1 aromatic carbocycles. The van der Waals surface area contributed by atoms with Gasteiger partial charge in [0.25, 0.3) is 0 Å². The third-order valence-electron chi connectivity index (χ3n) is 4.80. The number of aliphatic hydroxyl groups is 1. The number of methoxy groups -OCH3 is 3. The summed E-state index contributed by atoms with van der Waals surface area (Å²) in [5.74, 6) is 3.13. The highest BCUT2D eigenvalue weighted by molar-refractivity contribution is 8.00. The number of thioether (sulfide) groups is 1. The van der Waals surface area contributed by atoms with Crippen LogP contribution in [0.15, 0.2) is 6.07 Å². The smallest absolute Gasteiger partial charge is 0.203 e. The third kappa shape index (κ3) is 2.54. The van der Waals surface area contributed by atoms with Gasteiger partial charge in [-0.05, 0) is 30.4 Å². The van der Waals surface area contributed by atoms with Crippen molar-refractivity contribution >= 4 is 11.8 Å². The van der Waals surface area contributed by atoms with Gasteiger partial charge in [0.2, 0.25) is 5.75 Å². The van der Waals surface area contributed by atoms with Crippen molar-refractivity contribution in [3.63, 3.8) is 0 Å². The molecule has 1 aromatic rings. The number of rotatable bonds is 3. The molecule has 0 unspecified atom stereocenters. The monoisotopic (exact) mass is 324 g/mol. The fourth-order valence-electron chi connectivity index (χ4n) is 3.79. The molecule has 0 spiro atoms. The molecule has 122 valence electrons. The van der Waals surface area contributed by atoms with Gasteiger partial charge >= 0.3 is 0 Å². The summed E-state index contributed by atoms with van der Waals surface area (Å²) in [6.07, 6.45) is 4.37. The zero-order chi connectivity index (χ0) is 15.7. The van der Waals surface area contributed by atoms with Gasteiger partial charge in [-0.25, -0.2) is 0 Å². The summed E-state index contributed by atoms with van der Waals surface area (Å²) in [5, 5.41) is 11.2. The Labute approximate surface area is 136 Å². The van der Waals surface area contributed by atoms with Crippen molar-refractivity contribution in [2.75, 3.05) is 27.1 Å². The minimum absolute atomic E-state index is 0.417. The second-order valence-corrected chi connectivity index (χ2v) is 7.20. The number of hydrogen-bond acceptors (Lipinski definition) is 5. The molecule has 0 saturated heterocycles. The molecule has 1 heterocycles. The minimum atomic E-state index is -0.487. The van der Waals surface area contributed by atoms with Crippen molar-refractivity contribution in [1.29, 1.82) is 0 Å². The quantitative estimate of drug-likeness (QED) is 0.922. The van der Waals surface area contributed by atoms with E-state index in [1.165, 1.54) is 19.3 Å². The molecule has 0 amide bonds. The van der Waals surface area contributed by atoms with E-state index < -0.39 is 6.10 Å². The van der Waals surface area contributed by atoms with Gasteiger partial charge < -0.3 is 19.3 Å². The van der Waals surface area contributed by atoms with Gasteiger partial charge in [-0.2, -0.15) is 11.8 Å². The van der Waals surface area contributed by atoms with Crippen molar-refractivity contribution in [3.8, 4) is 17.2 Å². The molecule has 5 heteroatoms. The van der Waals surface area contributed by atoms with Gasteiger partial charge in [0.15, 0.2) is 11.5 Å². The van der Waals surface area contributed by atoms with Crippen molar-refractivity contribution in [2.45, 2.75) is 43.0 Å². The zero-order valence-electron chi connectivity index (χ0n) is 13.4. The Morgan fingerprint density at radius 2 is 1.77 bits per heavy atom. The Morgan fingerprint density at radius 1 is 1.05 bits per heavy atom. The number of ether oxygens (including phenoxy) is 3. The molecule has 1 N–H and O–H groups in total. The molecule has 1 fully saturated rings. The van der Waals surface area contributed by atoms with Crippen molar-refractivity contribution in [2.24, 2.45) is 0 Å². The average molecular weight is 324 g/mol. The molecule has 22 heavy (non-hydrogen) atoms. The predicted octanol–water partition coefficient (Wildman–Crippen LogP) is 3.52. The normalized spacial score (nSPS) is 27.4. The van der Waals surface area contributed by atoms with Crippen molar-refractivity contribution in [1.82, 2.24) is 0 Å². The Morgan fingerprint density at radius 3 is 2.45 bits per heavy atom. The number of benzene rings is 1. The van der Waals surface area contributed by atoms with Crippen LogP contribution in [0.5, 0.6) is 17.2 Å². The van der Waals surface area contributed by atoms with Crippen LogP contribution in [0, 0.1) is 0 Å². The van der Waals surface area contributed by atoms with Crippen molar-refractivity contribution in [3.05, 3.63) is 17.2 Å². The van der Waals surface area contributed by atoms with E-state index in [4.69, 9.17) is 14.2 Å². The van der Waals surface area contributed by atoms with Crippen LogP contribution in [0.3, 0.4) is 0 Å². The van der Waals surface area contributed by atoms with Gasteiger partial charge in [-0.3, -0.25) is 0 Å². The molecule has 0 aromatic heterocycles. The topological polar surface area (TPSA) is 47.9 Å². The first kappa shape index (κ1) is 15.8. The van der Waals surface area contributed by atoms with E-state index in [9.17, 15) is 5.11 Å².